The monoisotopic (exact) mass is 202 g/mol. The van der Waals surface area contributed by atoms with Crippen LogP contribution in [0, 0.1) is 10.8 Å². The van der Waals surface area contributed by atoms with Crippen molar-refractivity contribution in [2.45, 2.75) is 34.1 Å². The van der Waals surface area contributed by atoms with Crippen LogP contribution in [0.5, 0.6) is 0 Å². The molecule has 4 heteroatoms. The number of aliphatic hydroxyl groups is 1. The summed E-state index contributed by atoms with van der Waals surface area (Å²) in [5.74, 6) is -1.49. The third-order valence-electron chi connectivity index (χ3n) is 2.45. The summed E-state index contributed by atoms with van der Waals surface area (Å²) in [7, 11) is 0. The predicted octanol–water partition coefficient (Wildman–Crippen LogP) is 1.07. The van der Waals surface area contributed by atoms with Crippen molar-refractivity contribution in [3.8, 4) is 0 Å². The van der Waals surface area contributed by atoms with Gasteiger partial charge in [-0.15, -0.1) is 0 Å². The lowest BCUT2D eigenvalue weighted by molar-refractivity contribution is -0.156. The lowest BCUT2D eigenvalue weighted by Gasteiger charge is -2.29. The normalized spacial score (nSPS) is 12.6. The average molecular weight is 202 g/mol. The summed E-state index contributed by atoms with van der Waals surface area (Å²) in [5, 5.41) is 17.6. The number of hydrogen-bond acceptors (Lipinski definition) is 3. The van der Waals surface area contributed by atoms with Crippen LogP contribution < -0.4 is 0 Å². The molecule has 0 fully saturated rings. The van der Waals surface area contributed by atoms with Gasteiger partial charge in [0.15, 0.2) is 5.78 Å². The quantitative estimate of drug-likeness (QED) is 0.654. The second kappa shape index (κ2) is 4.09. The van der Waals surface area contributed by atoms with Gasteiger partial charge in [0.25, 0.3) is 0 Å². The number of ketones is 1. The van der Waals surface area contributed by atoms with Gasteiger partial charge in [-0.1, -0.05) is 13.8 Å². The highest BCUT2D eigenvalue weighted by molar-refractivity contribution is 6.04. The molecular formula is C10H18O4. The fourth-order valence-corrected chi connectivity index (χ4v) is 1.34. The van der Waals surface area contributed by atoms with Gasteiger partial charge in [-0.25, -0.2) is 0 Å². The van der Waals surface area contributed by atoms with E-state index in [2.05, 4.69) is 0 Å². The van der Waals surface area contributed by atoms with Crippen molar-refractivity contribution in [3.63, 3.8) is 0 Å². The first-order valence-corrected chi connectivity index (χ1v) is 4.55. The smallest absolute Gasteiger partial charge is 0.316 e. The third-order valence-corrected chi connectivity index (χ3v) is 2.45. The number of aliphatic hydroxyl groups excluding tert-OH is 1. The van der Waals surface area contributed by atoms with E-state index in [1.807, 2.05) is 0 Å². The molecule has 14 heavy (non-hydrogen) atoms. The summed E-state index contributed by atoms with van der Waals surface area (Å²) in [6.07, 6.45) is 0.280. The standard InChI is InChI=1S/C10H18O4/c1-9(2,5-6-11)7(12)10(3,4)8(13)14/h11H,5-6H2,1-4H3,(H,13,14). The Morgan fingerprint density at radius 2 is 1.57 bits per heavy atom. The molecule has 0 aromatic heterocycles. The first kappa shape index (κ1) is 13.1. The summed E-state index contributed by atoms with van der Waals surface area (Å²) in [6.45, 7) is 5.95. The number of carbonyl (C=O) groups is 2. The molecule has 0 atom stereocenters. The van der Waals surface area contributed by atoms with E-state index in [1.54, 1.807) is 13.8 Å². The van der Waals surface area contributed by atoms with Crippen molar-refractivity contribution in [3.05, 3.63) is 0 Å². The lowest BCUT2D eigenvalue weighted by atomic mass is 9.72. The van der Waals surface area contributed by atoms with Crippen molar-refractivity contribution in [1.82, 2.24) is 0 Å². The molecule has 2 N–H and O–H groups in total. The molecule has 0 amide bonds. The Balaban J connectivity index is 4.86. The van der Waals surface area contributed by atoms with E-state index in [1.165, 1.54) is 13.8 Å². The van der Waals surface area contributed by atoms with Crippen LogP contribution in [0.15, 0.2) is 0 Å². The zero-order valence-electron chi connectivity index (χ0n) is 9.13. The maximum absolute atomic E-state index is 11.8. The second-order valence-electron chi connectivity index (χ2n) is 4.62. The molecule has 0 rings (SSSR count). The van der Waals surface area contributed by atoms with E-state index in [0.29, 0.717) is 0 Å². The summed E-state index contributed by atoms with van der Waals surface area (Å²) in [4.78, 5) is 22.7. The minimum absolute atomic E-state index is 0.117. The molecule has 0 aliphatic rings. The molecule has 0 aromatic rings. The van der Waals surface area contributed by atoms with Gasteiger partial charge in [-0.05, 0) is 20.3 Å². The van der Waals surface area contributed by atoms with E-state index < -0.39 is 16.8 Å². The maximum atomic E-state index is 11.8. The molecule has 0 aromatic carbocycles. The topological polar surface area (TPSA) is 74.6 Å². The molecule has 0 saturated carbocycles. The van der Waals surface area contributed by atoms with Gasteiger partial charge in [0.1, 0.15) is 5.41 Å². The zero-order valence-corrected chi connectivity index (χ0v) is 9.13. The number of carboxylic acids is 1. The maximum Gasteiger partial charge on any atom is 0.316 e. The SMILES string of the molecule is CC(C)(CCO)C(=O)C(C)(C)C(=O)O. The highest BCUT2D eigenvalue weighted by Gasteiger charge is 2.43. The molecule has 0 spiro atoms. The van der Waals surface area contributed by atoms with Gasteiger partial charge in [-0.3, -0.25) is 9.59 Å². The van der Waals surface area contributed by atoms with Crippen molar-refractivity contribution >= 4 is 11.8 Å². The number of Topliss-reactive ketones (excluding diaryl/α,β-unsaturated/α-hetero) is 1. The largest absolute Gasteiger partial charge is 0.481 e. The number of hydrogen-bond donors (Lipinski definition) is 2. The van der Waals surface area contributed by atoms with Crippen LogP contribution >= 0.6 is 0 Å². The van der Waals surface area contributed by atoms with Crippen LogP contribution in [0.4, 0.5) is 0 Å². The van der Waals surface area contributed by atoms with E-state index in [9.17, 15) is 9.59 Å². The Kier molecular flexibility index (Phi) is 3.82. The van der Waals surface area contributed by atoms with Crippen molar-refractivity contribution in [2.24, 2.45) is 10.8 Å². The molecule has 0 radical (unpaired) electrons. The number of carboxylic acid groups (broad SMARTS) is 1. The lowest BCUT2D eigenvalue weighted by Crippen LogP contribution is -2.42. The van der Waals surface area contributed by atoms with Gasteiger partial charge >= 0.3 is 5.97 Å². The van der Waals surface area contributed by atoms with Crippen molar-refractivity contribution < 1.29 is 19.8 Å². The Labute approximate surface area is 83.9 Å². The summed E-state index contributed by atoms with van der Waals surface area (Å²) < 4.78 is 0. The molecule has 0 bridgehead atoms. The van der Waals surface area contributed by atoms with Crippen LogP contribution in [0.25, 0.3) is 0 Å². The van der Waals surface area contributed by atoms with E-state index in [4.69, 9.17) is 10.2 Å². The zero-order chi connectivity index (χ0) is 11.6. The van der Waals surface area contributed by atoms with E-state index >= 15 is 0 Å². The highest BCUT2D eigenvalue weighted by atomic mass is 16.4. The Hall–Kier alpha value is -0.900. The average Bonchev–Trinajstić information content (AvgIpc) is 2.02. The summed E-state index contributed by atoms with van der Waals surface area (Å²) >= 11 is 0. The number of carbonyl (C=O) groups excluding carboxylic acids is 1. The Morgan fingerprint density at radius 1 is 1.14 bits per heavy atom. The fourth-order valence-electron chi connectivity index (χ4n) is 1.34. The molecule has 82 valence electrons. The molecular weight excluding hydrogens is 184 g/mol. The van der Waals surface area contributed by atoms with Gasteiger partial charge in [0, 0.05) is 12.0 Å². The van der Waals surface area contributed by atoms with Gasteiger partial charge in [0.2, 0.25) is 0 Å². The van der Waals surface area contributed by atoms with Crippen molar-refractivity contribution in [1.29, 1.82) is 0 Å². The van der Waals surface area contributed by atoms with Crippen LogP contribution in [0.2, 0.25) is 0 Å². The van der Waals surface area contributed by atoms with Gasteiger partial charge < -0.3 is 10.2 Å². The minimum Gasteiger partial charge on any atom is -0.481 e. The van der Waals surface area contributed by atoms with Crippen LogP contribution in [0.3, 0.4) is 0 Å². The van der Waals surface area contributed by atoms with E-state index in [-0.39, 0.29) is 18.8 Å². The van der Waals surface area contributed by atoms with Crippen LogP contribution in [0.1, 0.15) is 34.1 Å². The van der Waals surface area contributed by atoms with Crippen LogP contribution in [-0.2, 0) is 9.59 Å². The summed E-state index contributed by atoms with van der Waals surface area (Å²) in [6, 6.07) is 0. The third kappa shape index (κ3) is 2.54. The number of rotatable bonds is 5. The number of aliphatic carboxylic acids is 1. The Bertz CT molecular complexity index is 241. The summed E-state index contributed by atoms with van der Waals surface area (Å²) in [5.41, 5.74) is -2.19. The first-order chi connectivity index (χ1) is 6.16. The highest BCUT2D eigenvalue weighted by Crippen LogP contribution is 2.32. The van der Waals surface area contributed by atoms with E-state index in [0.717, 1.165) is 0 Å². The molecule has 0 saturated heterocycles. The fraction of sp³-hybridized carbons (Fsp3) is 0.800. The second-order valence-corrected chi connectivity index (χ2v) is 4.62. The predicted molar refractivity (Wildman–Crippen MR) is 51.9 cm³/mol. The van der Waals surface area contributed by atoms with Gasteiger partial charge in [-0.2, -0.15) is 0 Å². The van der Waals surface area contributed by atoms with Gasteiger partial charge in [0.05, 0.1) is 0 Å². The molecule has 0 aliphatic heterocycles. The molecule has 0 heterocycles. The molecule has 4 nitrogen and oxygen atoms in total. The first-order valence-electron chi connectivity index (χ1n) is 4.55. The Morgan fingerprint density at radius 3 is 1.86 bits per heavy atom. The molecule has 0 unspecified atom stereocenters. The minimum atomic E-state index is -1.39. The van der Waals surface area contributed by atoms with Crippen LogP contribution in [-0.4, -0.2) is 28.6 Å². The molecule has 0 aliphatic carbocycles. The van der Waals surface area contributed by atoms with Crippen molar-refractivity contribution in [2.75, 3.05) is 6.61 Å².